The SMILES string of the molecule is O=C(O)[C@@]1(O[C@@H]2C[C@](O)(C(=O)O)O[C@H]([C@H](O)CO)[C@@H]2O[C@H]2O[C@H]([C@@H](O)CO)[C@@H](OP(=O)(O)O)[C@H](O[C@@H]3O[C@H]([C@H](O)CO[C@H]4O[C@H]([C@@H](O)CO)[C@@H](O)[C@H](O)[C@@H]4O)[C@@H](OP(=O)(O)O)[C@H](O[C@@H]4O[C@H](CO[C@@H]5O[C@H](CO)[C@H](O)[C@H](O)[C@H]5O)[C@@H](O)[C@H](O[C@@H]5O[C@H](CO)[C@@H](O)[C@H](O)[C@H]5O[C@@H]5O[C@H](CO[C@H]6OC([C@@H](O)CO)[C@@H](O)[C@H](O)[C@@H]6O)[C@@H](O)[C@H](O)[C@H]5O)[C@H]4O)[C@@H]3O)[C@@H]2O)C[C@@H](O)[C@@H](O)[C@@H]([C@H](O)CO)O1. The molecular weight excluding hydrogens is 1920 g/mol. The predicted molar refractivity (Wildman–Crippen MR) is 398 cm³/mol. The third-order valence-corrected chi connectivity index (χ3v) is 24.8. The van der Waals surface area contributed by atoms with Crippen LogP contribution in [0.5, 0.6) is 0 Å². The monoisotopic (exact) mass is 2030 g/mol. The van der Waals surface area contributed by atoms with E-state index in [9.17, 15) is 222 Å². The van der Waals surface area contributed by atoms with Crippen LogP contribution in [-0.4, -0.2) is 612 Å². The summed E-state index contributed by atoms with van der Waals surface area (Å²) in [4.78, 5) is 69.1. The first-order valence-electron chi connectivity index (χ1n) is 41.1. The van der Waals surface area contributed by atoms with Crippen LogP contribution in [0.3, 0.4) is 0 Å². The zero-order valence-electron chi connectivity index (χ0n) is 69.5. The highest BCUT2D eigenvalue weighted by Gasteiger charge is 2.66. The molecule has 0 saturated carbocycles. The van der Waals surface area contributed by atoms with Gasteiger partial charge in [0.25, 0.3) is 11.6 Å². The van der Waals surface area contributed by atoms with Crippen molar-refractivity contribution in [2.24, 2.45) is 0 Å². The Morgan fingerprint density at radius 2 is 0.652 bits per heavy atom. The molecule has 135 heavy (non-hydrogen) atoms. The number of carboxylic acid groups (broad SMARTS) is 2. The van der Waals surface area contributed by atoms with Crippen molar-refractivity contribution >= 4 is 27.6 Å². The minimum atomic E-state index is -6.49. The van der Waals surface area contributed by atoms with E-state index in [1.54, 1.807) is 0 Å². The fraction of sp³-hybridized carbons (Fsp3) is 0.971. The fourth-order valence-electron chi connectivity index (χ4n) is 16.4. The van der Waals surface area contributed by atoms with Crippen LogP contribution in [0.15, 0.2) is 0 Å². The molecule has 65 nitrogen and oxygen atoms in total. The van der Waals surface area contributed by atoms with E-state index < -0.39 is 437 Å². The van der Waals surface area contributed by atoms with Crippen molar-refractivity contribution in [3.8, 4) is 0 Å². The minimum Gasteiger partial charge on any atom is -0.477 e. The van der Waals surface area contributed by atoms with Crippen molar-refractivity contribution in [3.63, 3.8) is 0 Å². The largest absolute Gasteiger partial charge is 0.477 e. The highest BCUT2D eigenvalue weighted by molar-refractivity contribution is 7.46. The number of aliphatic hydroxyl groups excluding tert-OH is 33. The third-order valence-electron chi connectivity index (χ3n) is 23.8. The van der Waals surface area contributed by atoms with E-state index in [4.69, 9.17) is 99.0 Å². The molecule has 0 aromatic carbocycles. The molecule has 54 atom stereocenters. The smallest absolute Gasteiger partial charge is 0.470 e. The maximum Gasteiger partial charge on any atom is 0.470 e. The summed E-state index contributed by atoms with van der Waals surface area (Å²) < 4.78 is 145. The van der Waals surface area contributed by atoms with E-state index in [1.807, 2.05) is 0 Å². The van der Waals surface area contributed by atoms with Crippen molar-refractivity contribution in [1.82, 2.24) is 0 Å². The first-order valence-corrected chi connectivity index (χ1v) is 44.2. The van der Waals surface area contributed by atoms with Crippen LogP contribution >= 0.6 is 15.6 Å². The molecule has 10 saturated heterocycles. The predicted octanol–water partition coefficient (Wildman–Crippen LogP) is -25.4. The number of aliphatic hydroxyl groups is 34. The normalized spacial score (nSPS) is 48.0. The van der Waals surface area contributed by atoms with Crippen molar-refractivity contribution in [2.45, 2.75) is 343 Å². The van der Waals surface area contributed by atoms with Crippen LogP contribution in [0.2, 0.25) is 0 Å². The summed E-state index contributed by atoms with van der Waals surface area (Å²) in [5.41, 5.74) is 0. The molecule has 0 radical (unpaired) electrons. The fourth-order valence-corrected chi connectivity index (χ4v) is 17.6. The van der Waals surface area contributed by atoms with E-state index in [1.165, 1.54) is 0 Å². The quantitative estimate of drug-likeness (QED) is 0.0253. The zero-order valence-corrected chi connectivity index (χ0v) is 71.3. The molecule has 10 fully saturated rings. The maximum absolute atomic E-state index is 13.5. The Hall–Kier alpha value is -2.96. The Labute approximate surface area is 756 Å². The Bertz CT molecular complexity index is 3780. The summed E-state index contributed by atoms with van der Waals surface area (Å²) >= 11 is 0. The number of phosphoric ester groups is 2. The van der Waals surface area contributed by atoms with E-state index in [0.717, 1.165) is 0 Å². The van der Waals surface area contributed by atoms with Gasteiger partial charge in [-0.05, 0) is 0 Å². The molecule has 10 aliphatic heterocycles. The summed E-state index contributed by atoms with van der Waals surface area (Å²) in [5, 5.41) is 398. The van der Waals surface area contributed by atoms with Crippen LogP contribution in [0.4, 0.5) is 0 Å². The molecule has 10 heterocycles. The summed E-state index contributed by atoms with van der Waals surface area (Å²) in [6.07, 6.45) is -137. The standard InChI is InChI=1S/C68H116O65P2/c69-3-14(77)44-35(93)32(90)38(96)58(120-44)113-10-19(82)48-56(133-135(110,111)112)53(43(101)63(123-48)127-52-42(100)62(122-47(17(80)6-72)55(52)132-134(107,108)109)124-50-20(2-67(106,65(102)103)130-49(50)18(81)7-73)129-68(66(104)105)1-13(76)25(83)46(131-68)16(79)5-71)126-61-41(99)51(29(87)24(119-61)12-114-57-37(95)30(88)26(84)21(8-74)116-57)125-64-54(34(92)27(85)22(9-75)117-64)128-60-40(98)31(89)28(86)23(118-60)11-115-59-39(97)33(91)36(94)45(121-59)15(78)4-70/h13-64,69-101,106H,1-12H2,(H,102,103)(H,104,105)(H2,107,108,109)(H2,110,111,112)/t13-,14+,15+,16-,17+,18-,19-,20-,21-,22-,23-,24-,25-,26+,27-,28-,29-,30+,31+,32+,33+,34+,35+,36+,37-,38+,39+,40-,41-,42+,43+,44-,45?,46-,47-,48-,49-,50-,51+,52-,53-,54-,55-,56-,57-,58+,59+,60+,61+,62-,63+,64+,67-,68-/m1/s1. The van der Waals surface area contributed by atoms with E-state index in [2.05, 4.69) is 0 Å². The van der Waals surface area contributed by atoms with E-state index >= 15 is 0 Å². The molecule has 0 aromatic heterocycles. The van der Waals surface area contributed by atoms with Gasteiger partial charge in [-0.3, -0.25) is 9.05 Å². The number of phosphoric acid groups is 2. The Morgan fingerprint density at radius 3 is 1.10 bits per heavy atom. The van der Waals surface area contributed by atoms with Gasteiger partial charge in [0.1, 0.15) is 256 Å². The number of rotatable bonds is 40. The molecule has 1 unspecified atom stereocenters. The average Bonchev–Trinajstić information content (AvgIpc) is 0.742. The number of carbonyl (C=O) groups is 2. The summed E-state index contributed by atoms with van der Waals surface area (Å²) in [6, 6.07) is 0. The van der Waals surface area contributed by atoms with Crippen molar-refractivity contribution in [2.75, 3.05) is 66.1 Å². The topological polar surface area (TPSA) is 1070 Å². The second kappa shape index (κ2) is 47.5. The van der Waals surface area contributed by atoms with Crippen LogP contribution in [-0.2, 0) is 118 Å². The van der Waals surface area contributed by atoms with Gasteiger partial charge in [0.2, 0.25) is 0 Å². The molecule has 67 heteroatoms. The van der Waals surface area contributed by atoms with E-state index in [-0.39, 0.29) is 0 Å². The maximum atomic E-state index is 13.5. The molecule has 0 bridgehead atoms. The Balaban J connectivity index is 1.08. The van der Waals surface area contributed by atoms with Gasteiger partial charge >= 0.3 is 27.6 Å². The second-order valence-corrected chi connectivity index (χ2v) is 35.5. The van der Waals surface area contributed by atoms with E-state index in [0.29, 0.717) is 0 Å². The highest BCUT2D eigenvalue weighted by atomic mass is 31.2. The molecule has 0 aromatic rings. The lowest BCUT2D eigenvalue weighted by atomic mass is 9.89. The lowest BCUT2D eigenvalue weighted by Gasteiger charge is -2.52. The molecular formula is C68H116O65P2. The molecule has 10 aliphatic rings. The average molecular weight is 2040 g/mol. The van der Waals surface area contributed by atoms with Crippen LogP contribution in [0, 0.1) is 0 Å². The molecule has 0 aliphatic carbocycles. The highest BCUT2D eigenvalue weighted by Crippen LogP contribution is 2.49. The molecule has 788 valence electrons. The number of hydrogen-bond acceptors (Lipinski definition) is 59. The van der Waals surface area contributed by atoms with Gasteiger partial charge < -0.3 is 293 Å². The number of aliphatic carboxylic acids is 2. The Kier molecular flexibility index (Phi) is 40.1. The minimum absolute atomic E-state index is 1.10. The lowest BCUT2D eigenvalue weighted by molar-refractivity contribution is -0.409. The van der Waals surface area contributed by atoms with Crippen molar-refractivity contribution in [1.29, 1.82) is 0 Å². The number of hydrogen-bond donors (Lipinski definition) is 40. The number of carboxylic acids is 2. The van der Waals surface area contributed by atoms with Crippen molar-refractivity contribution in [3.05, 3.63) is 0 Å². The first kappa shape index (κ1) is 114. The zero-order chi connectivity index (χ0) is 101. The Morgan fingerprint density at radius 1 is 0.311 bits per heavy atom. The summed E-state index contributed by atoms with van der Waals surface area (Å²) in [7, 11) is -12.9. The van der Waals surface area contributed by atoms with Gasteiger partial charge in [-0.15, -0.1) is 0 Å². The summed E-state index contributed by atoms with van der Waals surface area (Å²) in [5.74, 6) is -12.2. The van der Waals surface area contributed by atoms with Gasteiger partial charge in [0.05, 0.1) is 78.3 Å². The summed E-state index contributed by atoms with van der Waals surface area (Å²) in [6.45, 7) is -13.8. The van der Waals surface area contributed by atoms with Gasteiger partial charge in [-0.25, -0.2) is 18.7 Å². The first-order chi connectivity index (χ1) is 63.1. The van der Waals surface area contributed by atoms with Crippen LogP contribution in [0.1, 0.15) is 12.8 Å². The lowest BCUT2D eigenvalue weighted by Crippen LogP contribution is -2.70. The van der Waals surface area contributed by atoms with Crippen molar-refractivity contribution < 1.29 is 321 Å². The van der Waals surface area contributed by atoms with Gasteiger partial charge in [0, 0.05) is 12.8 Å². The van der Waals surface area contributed by atoms with Gasteiger partial charge in [-0.2, -0.15) is 0 Å². The second-order valence-electron chi connectivity index (χ2n) is 33.1. The van der Waals surface area contributed by atoms with Gasteiger partial charge in [0.15, 0.2) is 50.3 Å². The molecule has 10 rings (SSSR count). The van der Waals surface area contributed by atoms with Crippen LogP contribution < -0.4 is 0 Å². The van der Waals surface area contributed by atoms with Gasteiger partial charge in [-0.1, -0.05) is 0 Å². The third kappa shape index (κ3) is 25.4. The number of ether oxygens (including phenoxy) is 19. The molecule has 0 spiro atoms. The van der Waals surface area contributed by atoms with Crippen LogP contribution in [0.25, 0.3) is 0 Å². The molecule has 40 N–H and O–H groups in total. The molecule has 0 amide bonds.